The normalized spacial score (nSPS) is 21.2. The van der Waals surface area contributed by atoms with Crippen LogP contribution in [-0.2, 0) is 5.41 Å². The molecule has 70 valence electrons. The summed E-state index contributed by atoms with van der Waals surface area (Å²) in [7, 11) is 0. The molecule has 1 aromatic rings. The van der Waals surface area contributed by atoms with Crippen molar-refractivity contribution in [2.45, 2.75) is 31.3 Å². The van der Waals surface area contributed by atoms with Crippen molar-refractivity contribution in [1.82, 2.24) is 4.98 Å². The molecule has 1 aliphatic rings. The second-order valence-electron chi connectivity index (χ2n) is 3.67. The minimum atomic E-state index is -0.517. The van der Waals surface area contributed by atoms with Gasteiger partial charge in [-0.1, -0.05) is 0 Å². The van der Waals surface area contributed by atoms with Gasteiger partial charge in [-0.25, -0.2) is 4.39 Å². The molecule has 1 heterocycles. The zero-order chi connectivity index (χ0) is 9.47. The Morgan fingerprint density at radius 1 is 1.62 bits per heavy atom. The molecule has 0 spiro atoms. The molecule has 1 fully saturated rings. The molecule has 2 nitrogen and oxygen atoms in total. The van der Waals surface area contributed by atoms with Crippen molar-refractivity contribution in [2.24, 2.45) is 0 Å². The van der Waals surface area contributed by atoms with Gasteiger partial charge < -0.3 is 5.11 Å². The Bertz CT molecular complexity index is 320. The van der Waals surface area contributed by atoms with Crippen LogP contribution in [0.3, 0.4) is 0 Å². The van der Waals surface area contributed by atoms with Crippen molar-refractivity contribution in [2.75, 3.05) is 0 Å². The summed E-state index contributed by atoms with van der Waals surface area (Å²) in [6.45, 7) is 1.70. The molecule has 1 saturated carbocycles. The number of aliphatic hydroxyl groups excluding tert-OH is 1. The molecule has 0 bridgehead atoms. The Labute approximate surface area is 76.4 Å². The molecule has 0 radical (unpaired) electrons. The second kappa shape index (κ2) is 2.77. The zero-order valence-corrected chi connectivity index (χ0v) is 7.50. The summed E-state index contributed by atoms with van der Waals surface area (Å²) in [5, 5.41) is 9.51. The van der Waals surface area contributed by atoms with E-state index in [1.54, 1.807) is 19.2 Å². The van der Waals surface area contributed by atoms with Gasteiger partial charge in [-0.15, -0.1) is 0 Å². The average molecular weight is 181 g/mol. The maximum atomic E-state index is 13.3. The third-order valence-electron chi connectivity index (χ3n) is 2.82. The molecule has 0 amide bonds. The molecule has 13 heavy (non-hydrogen) atoms. The smallest absolute Gasteiger partial charge is 0.145 e. The first-order chi connectivity index (χ1) is 6.17. The summed E-state index contributed by atoms with van der Waals surface area (Å²) < 4.78 is 13.3. The van der Waals surface area contributed by atoms with E-state index >= 15 is 0 Å². The number of rotatable bonds is 2. The van der Waals surface area contributed by atoms with E-state index in [1.165, 1.54) is 6.07 Å². The third-order valence-corrected chi connectivity index (χ3v) is 2.82. The highest BCUT2D eigenvalue weighted by atomic mass is 19.1. The molecule has 1 aliphatic carbocycles. The lowest BCUT2D eigenvalue weighted by Gasteiger charge is -2.17. The first kappa shape index (κ1) is 8.63. The van der Waals surface area contributed by atoms with Crippen molar-refractivity contribution in [1.29, 1.82) is 0 Å². The summed E-state index contributed by atoms with van der Waals surface area (Å²) in [4.78, 5) is 4.00. The van der Waals surface area contributed by atoms with Crippen LogP contribution < -0.4 is 0 Å². The Balaban J connectivity index is 2.41. The Morgan fingerprint density at radius 3 is 2.77 bits per heavy atom. The average Bonchev–Trinajstić information content (AvgIpc) is 2.85. The third kappa shape index (κ3) is 1.23. The summed E-state index contributed by atoms with van der Waals surface area (Å²) in [5.41, 5.74) is 0.0238. The minimum absolute atomic E-state index is 0.305. The molecule has 1 atom stereocenters. The van der Waals surface area contributed by atoms with Crippen LogP contribution in [0.4, 0.5) is 4.39 Å². The van der Waals surface area contributed by atoms with Crippen LogP contribution in [0.2, 0.25) is 0 Å². The van der Waals surface area contributed by atoms with E-state index in [1.807, 2.05) is 0 Å². The monoisotopic (exact) mass is 181 g/mol. The molecular formula is C10H12FNO. The van der Waals surface area contributed by atoms with E-state index < -0.39 is 11.5 Å². The summed E-state index contributed by atoms with van der Waals surface area (Å²) >= 11 is 0. The van der Waals surface area contributed by atoms with Crippen LogP contribution in [0.25, 0.3) is 0 Å². The van der Waals surface area contributed by atoms with Gasteiger partial charge in [-0.3, -0.25) is 4.98 Å². The van der Waals surface area contributed by atoms with Gasteiger partial charge in [0.1, 0.15) is 5.82 Å². The summed E-state index contributed by atoms with van der Waals surface area (Å²) in [6.07, 6.45) is 2.72. The van der Waals surface area contributed by atoms with Crippen LogP contribution in [0.15, 0.2) is 18.3 Å². The second-order valence-corrected chi connectivity index (χ2v) is 3.67. The van der Waals surface area contributed by atoms with E-state index in [0.29, 0.717) is 5.69 Å². The fourth-order valence-electron chi connectivity index (χ4n) is 1.74. The number of nitrogens with zero attached hydrogens (tertiary/aromatic N) is 1. The largest absolute Gasteiger partial charge is 0.392 e. The molecule has 0 aliphatic heterocycles. The van der Waals surface area contributed by atoms with Crippen LogP contribution in [0.1, 0.15) is 25.5 Å². The maximum absolute atomic E-state index is 13.3. The van der Waals surface area contributed by atoms with E-state index in [4.69, 9.17) is 0 Å². The number of aromatic nitrogens is 1. The molecule has 3 heteroatoms. The predicted molar refractivity (Wildman–Crippen MR) is 46.8 cm³/mol. The molecule has 1 N–H and O–H groups in total. The van der Waals surface area contributed by atoms with E-state index in [-0.39, 0.29) is 5.82 Å². The fourth-order valence-corrected chi connectivity index (χ4v) is 1.74. The predicted octanol–water partition coefficient (Wildman–Crippen LogP) is 1.63. The highest BCUT2D eigenvalue weighted by Gasteiger charge is 2.51. The highest BCUT2D eigenvalue weighted by Crippen LogP contribution is 2.50. The number of aliphatic hydroxyl groups is 1. The zero-order valence-electron chi connectivity index (χ0n) is 7.50. The first-order valence-electron chi connectivity index (χ1n) is 4.46. The van der Waals surface area contributed by atoms with Gasteiger partial charge in [-0.05, 0) is 31.9 Å². The van der Waals surface area contributed by atoms with Crippen molar-refractivity contribution < 1.29 is 9.50 Å². The standard InChI is InChI=1S/C10H12FNO/c1-7(13)10(4-5-10)9-8(11)3-2-6-12-9/h2-3,6-7,13H,4-5H2,1H3. The minimum Gasteiger partial charge on any atom is -0.392 e. The first-order valence-corrected chi connectivity index (χ1v) is 4.46. The summed E-state index contributed by atoms with van der Waals surface area (Å²) in [6, 6.07) is 2.96. The van der Waals surface area contributed by atoms with Gasteiger partial charge in [0.15, 0.2) is 0 Å². The lowest BCUT2D eigenvalue weighted by molar-refractivity contribution is 0.146. The van der Waals surface area contributed by atoms with Crippen LogP contribution in [-0.4, -0.2) is 16.2 Å². The van der Waals surface area contributed by atoms with Gasteiger partial charge >= 0.3 is 0 Å². The van der Waals surface area contributed by atoms with E-state index in [9.17, 15) is 9.50 Å². The molecular weight excluding hydrogens is 169 g/mol. The topological polar surface area (TPSA) is 33.1 Å². The van der Waals surface area contributed by atoms with Gasteiger partial charge in [0, 0.05) is 11.6 Å². The van der Waals surface area contributed by atoms with Crippen molar-refractivity contribution >= 4 is 0 Å². The number of pyridine rings is 1. The Kier molecular flexibility index (Phi) is 1.84. The number of hydrogen-bond acceptors (Lipinski definition) is 2. The van der Waals surface area contributed by atoms with Crippen molar-refractivity contribution in [3.8, 4) is 0 Å². The van der Waals surface area contributed by atoms with E-state index in [0.717, 1.165) is 12.8 Å². The molecule has 0 aromatic carbocycles. The lowest BCUT2D eigenvalue weighted by Crippen LogP contribution is -2.25. The number of hydrogen-bond donors (Lipinski definition) is 1. The Morgan fingerprint density at radius 2 is 2.31 bits per heavy atom. The highest BCUT2D eigenvalue weighted by molar-refractivity contribution is 5.27. The van der Waals surface area contributed by atoms with Crippen LogP contribution in [0.5, 0.6) is 0 Å². The van der Waals surface area contributed by atoms with E-state index in [2.05, 4.69) is 4.98 Å². The molecule has 1 unspecified atom stereocenters. The van der Waals surface area contributed by atoms with Gasteiger partial charge in [0.2, 0.25) is 0 Å². The molecule has 2 rings (SSSR count). The van der Waals surface area contributed by atoms with Crippen LogP contribution >= 0.6 is 0 Å². The quantitative estimate of drug-likeness (QED) is 0.752. The van der Waals surface area contributed by atoms with Crippen LogP contribution in [0, 0.1) is 5.82 Å². The van der Waals surface area contributed by atoms with Gasteiger partial charge in [0.05, 0.1) is 11.8 Å². The summed E-state index contributed by atoms with van der Waals surface area (Å²) in [5.74, 6) is -0.305. The van der Waals surface area contributed by atoms with Gasteiger partial charge in [0.25, 0.3) is 0 Å². The lowest BCUT2D eigenvalue weighted by atomic mass is 9.95. The van der Waals surface area contributed by atoms with Crippen molar-refractivity contribution in [3.05, 3.63) is 29.8 Å². The molecule has 0 saturated heterocycles. The van der Waals surface area contributed by atoms with Crippen molar-refractivity contribution in [3.63, 3.8) is 0 Å². The molecule has 1 aromatic heterocycles. The Hall–Kier alpha value is -0.960. The number of halogens is 1. The fraction of sp³-hybridized carbons (Fsp3) is 0.500. The maximum Gasteiger partial charge on any atom is 0.145 e. The SMILES string of the molecule is CC(O)C1(c2ncccc2F)CC1. The van der Waals surface area contributed by atoms with Gasteiger partial charge in [-0.2, -0.15) is 0 Å².